The zero-order chi connectivity index (χ0) is 20.2. The SMILES string of the molecule is CC(N)CCNC(=O)C1CCN(S(=O)(=O)c2ccc(C(C)(C)C)cc2)CC1.Cl. The lowest BCUT2D eigenvalue weighted by Gasteiger charge is -2.30. The first kappa shape index (κ1) is 24.9. The number of hydrogen-bond donors (Lipinski definition) is 2. The number of amides is 1. The van der Waals surface area contributed by atoms with Crippen LogP contribution in [0.15, 0.2) is 29.2 Å². The fourth-order valence-corrected chi connectivity index (χ4v) is 4.67. The topological polar surface area (TPSA) is 92.5 Å². The van der Waals surface area contributed by atoms with Crippen molar-refractivity contribution >= 4 is 28.3 Å². The first-order valence-corrected chi connectivity index (χ1v) is 11.1. The average Bonchev–Trinajstić information content (AvgIpc) is 2.61. The Morgan fingerprint density at radius 1 is 1.21 bits per heavy atom. The van der Waals surface area contributed by atoms with Crippen molar-refractivity contribution in [3.8, 4) is 0 Å². The van der Waals surface area contributed by atoms with E-state index >= 15 is 0 Å². The Morgan fingerprint density at radius 3 is 2.21 bits per heavy atom. The van der Waals surface area contributed by atoms with Gasteiger partial charge < -0.3 is 11.1 Å². The molecule has 1 atom stereocenters. The molecule has 3 N–H and O–H groups in total. The van der Waals surface area contributed by atoms with Gasteiger partial charge in [0.1, 0.15) is 0 Å². The molecule has 28 heavy (non-hydrogen) atoms. The van der Waals surface area contributed by atoms with E-state index in [1.165, 1.54) is 4.31 Å². The number of nitrogens with one attached hydrogen (secondary N) is 1. The maximum Gasteiger partial charge on any atom is 0.243 e. The summed E-state index contributed by atoms with van der Waals surface area (Å²) in [7, 11) is -3.52. The summed E-state index contributed by atoms with van der Waals surface area (Å²) < 4.78 is 27.3. The second-order valence-electron chi connectivity index (χ2n) is 8.51. The van der Waals surface area contributed by atoms with Gasteiger partial charge in [-0.3, -0.25) is 4.79 Å². The van der Waals surface area contributed by atoms with E-state index < -0.39 is 10.0 Å². The zero-order valence-electron chi connectivity index (χ0n) is 17.3. The van der Waals surface area contributed by atoms with Crippen LogP contribution in [-0.2, 0) is 20.2 Å². The Labute approximate surface area is 175 Å². The molecule has 1 unspecified atom stereocenters. The number of hydrogen-bond acceptors (Lipinski definition) is 4. The van der Waals surface area contributed by atoms with Crippen LogP contribution < -0.4 is 11.1 Å². The highest BCUT2D eigenvalue weighted by Gasteiger charge is 2.32. The molecule has 1 amide bonds. The Kier molecular flexibility index (Phi) is 8.93. The van der Waals surface area contributed by atoms with Crippen LogP contribution in [-0.4, -0.2) is 44.3 Å². The first-order chi connectivity index (χ1) is 12.5. The molecule has 0 spiro atoms. The lowest BCUT2D eigenvalue weighted by Crippen LogP contribution is -2.43. The number of sulfonamides is 1. The van der Waals surface area contributed by atoms with E-state index in [0.717, 1.165) is 12.0 Å². The summed E-state index contributed by atoms with van der Waals surface area (Å²) in [4.78, 5) is 12.5. The molecule has 1 aliphatic rings. The molecule has 2 rings (SSSR count). The zero-order valence-corrected chi connectivity index (χ0v) is 18.9. The first-order valence-electron chi connectivity index (χ1n) is 9.66. The summed E-state index contributed by atoms with van der Waals surface area (Å²) in [5.74, 6) is -0.130. The van der Waals surface area contributed by atoms with E-state index in [9.17, 15) is 13.2 Å². The van der Waals surface area contributed by atoms with Gasteiger partial charge in [-0.1, -0.05) is 32.9 Å². The number of rotatable bonds is 6. The fraction of sp³-hybridized carbons (Fsp3) is 0.650. The van der Waals surface area contributed by atoms with Crippen molar-refractivity contribution in [2.24, 2.45) is 11.7 Å². The highest BCUT2D eigenvalue weighted by molar-refractivity contribution is 7.89. The molecule has 1 saturated heterocycles. The van der Waals surface area contributed by atoms with Gasteiger partial charge in [-0.15, -0.1) is 12.4 Å². The van der Waals surface area contributed by atoms with Crippen molar-refractivity contribution in [3.05, 3.63) is 29.8 Å². The molecule has 6 nitrogen and oxygen atoms in total. The fourth-order valence-electron chi connectivity index (χ4n) is 3.20. The molecule has 1 aromatic rings. The quantitative estimate of drug-likeness (QED) is 0.724. The Hall–Kier alpha value is -1.15. The summed E-state index contributed by atoms with van der Waals surface area (Å²) in [5.41, 5.74) is 6.77. The molecule has 160 valence electrons. The van der Waals surface area contributed by atoms with Crippen LogP contribution in [0.3, 0.4) is 0 Å². The minimum atomic E-state index is -3.52. The number of benzene rings is 1. The molecular formula is C20H34ClN3O3S. The van der Waals surface area contributed by atoms with E-state index in [4.69, 9.17) is 5.73 Å². The predicted molar refractivity (Wildman–Crippen MR) is 115 cm³/mol. The molecule has 8 heteroatoms. The minimum absolute atomic E-state index is 0. The number of piperidine rings is 1. The van der Waals surface area contributed by atoms with Crippen molar-refractivity contribution in [2.45, 2.75) is 63.3 Å². The van der Waals surface area contributed by atoms with E-state index in [-0.39, 0.29) is 35.7 Å². The minimum Gasteiger partial charge on any atom is -0.356 e. The normalized spacial score (nSPS) is 17.6. The molecule has 1 aliphatic heterocycles. The molecule has 0 bridgehead atoms. The lowest BCUT2D eigenvalue weighted by molar-refractivity contribution is -0.126. The number of halogens is 1. The summed E-state index contributed by atoms with van der Waals surface area (Å²) in [6.45, 7) is 9.50. The summed E-state index contributed by atoms with van der Waals surface area (Å²) in [5, 5.41) is 2.90. The average molecular weight is 432 g/mol. The van der Waals surface area contributed by atoms with Crippen LogP contribution in [0.4, 0.5) is 0 Å². The van der Waals surface area contributed by atoms with Gasteiger partial charge in [-0.2, -0.15) is 4.31 Å². The molecule has 0 aliphatic carbocycles. The van der Waals surface area contributed by atoms with Crippen LogP contribution in [0.5, 0.6) is 0 Å². The molecule has 1 fully saturated rings. The molecular weight excluding hydrogens is 398 g/mol. The van der Waals surface area contributed by atoms with Gasteiger partial charge >= 0.3 is 0 Å². The van der Waals surface area contributed by atoms with Crippen LogP contribution in [0.1, 0.15) is 52.5 Å². The second-order valence-corrected chi connectivity index (χ2v) is 10.4. The van der Waals surface area contributed by atoms with E-state index in [1.807, 2.05) is 19.1 Å². The Balaban J connectivity index is 0.00000392. The van der Waals surface area contributed by atoms with Gasteiger partial charge in [0.25, 0.3) is 0 Å². The third kappa shape index (κ3) is 6.44. The van der Waals surface area contributed by atoms with Crippen LogP contribution in [0.2, 0.25) is 0 Å². The summed E-state index contributed by atoms with van der Waals surface area (Å²) >= 11 is 0. The van der Waals surface area contributed by atoms with Gasteiger partial charge in [-0.05, 0) is 49.3 Å². The molecule has 1 heterocycles. The van der Waals surface area contributed by atoms with Gasteiger partial charge in [0.2, 0.25) is 15.9 Å². The van der Waals surface area contributed by atoms with Gasteiger partial charge in [0.05, 0.1) is 4.90 Å². The van der Waals surface area contributed by atoms with Gasteiger partial charge in [-0.25, -0.2) is 8.42 Å². The maximum absolute atomic E-state index is 12.9. The third-order valence-electron chi connectivity index (χ3n) is 5.08. The van der Waals surface area contributed by atoms with Crippen LogP contribution >= 0.6 is 12.4 Å². The number of nitrogens with two attached hydrogens (primary N) is 1. The molecule has 0 radical (unpaired) electrons. The van der Waals surface area contributed by atoms with Crippen molar-refractivity contribution in [1.82, 2.24) is 9.62 Å². The lowest BCUT2D eigenvalue weighted by atomic mass is 9.87. The number of carbonyl (C=O) groups excluding carboxylic acids is 1. The van der Waals surface area contributed by atoms with Crippen molar-refractivity contribution in [2.75, 3.05) is 19.6 Å². The third-order valence-corrected chi connectivity index (χ3v) is 6.99. The van der Waals surface area contributed by atoms with Gasteiger partial charge in [0.15, 0.2) is 0 Å². The summed E-state index contributed by atoms with van der Waals surface area (Å²) in [6, 6.07) is 7.18. The second kappa shape index (κ2) is 10.1. The Bertz CT molecular complexity index is 735. The van der Waals surface area contributed by atoms with Crippen molar-refractivity contribution in [3.63, 3.8) is 0 Å². The number of carbonyl (C=O) groups is 1. The Morgan fingerprint density at radius 2 is 1.75 bits per heavy atom. The van der Waals surface area contributed by atoms with Crippen LogP contribution in [0, 0.1) is 5.92 Å². The monoisotopic (exact) mass is 431 g/mol. The number of nitrogens with zero attached hydrogens (tertiary/aromatic N) is 1. The van der Waals surface area contributed by atoms with E-state index in [0.29, 0.717) is 37.4 Å². The molecule has 0 saturated carbocycles. The highest BCUT2D eigenvalue weighted by atomic mass is 35.5. The molecule has 0 aromatic heterocycles. The highest BCUT2D eigenvalue weighted by Crippen LogP contribution is 2.27. The predicted octanol–water partition coefficient (Wildman–Crippen LogP) is 2.66. The smallest absolute Gasteiger partial charge is 0.243 e. The largest absolute Gasteiger partial charge is 0.356 e. The maximum atomic E-state index is 12.9. The van der Waals surface area contributed by atoms with Crippen molar-refractivity contribution in [1.29, 1.82) is 0 Å². The van der Waals surface area contributed by atoms with Gasteiger partial charge in [0, 0.05) is 31.6 Å². The molecule has 1 aromatic carbocycles. The summed E-state index contributed by atoms with van der Waals surface area (Å²) in [6.07, 6.45) is 1.83. The standard InChI is InChI=1S/C20H33N3O3S.ClH/c1-15(21)9-12-22-19(24)16-10-13-23(14-11-16)27(25,26)18-7-5-17(6-8-18)20(2,3)4;/h5-8,15-16H,9-14,21H2,1-4H3,(H,22,24);1H. The van der Waals surface area contributed by atoms with E-state index in [2.05, 4.69) is 26.1 Å². The van der Waals surface area contributed by atoms with Crippen LogP contribution in [0.25, 0.3) is 0 Å². The van der Waals surface area contributed by atoms with Crippen molar-refractivity contribution < 1.29 is 13.2 Å². The van der Waals surface area contributed by atoms with E-state index in [1.54, 1.807) is 12.1 Å².